The van der Waals surface area contributed by atoms with E-state index in [2.05, 4.69) is 4.98 Å². The average Bonchev–Trinajstić information content (AvgIpc) is 3.35. The Labute approximate surface area is 230 Å². The SMILES string of the molecule is COc1ccc(CCN2CC(=O)N3C(Cc4c([nH]c5ccccc45)C3c3cccc([N+](=O)[O-])c3)C2=O)cc1OC. The molecule has 4 aromatic rings. The number of nitrogens with one attached hydrogen (secondary N) is 1. The van der Waals surface area contributed by atoms with Gasteiger partial charge >= 0.3 is 0 Å². The molecule has 40 heavy (non-hydrogen) atoms. The van der Waals surface area contributed by atoms with Gasteiger partial charge < -0.3 is 24.3 Å². The van der Waals surface area contributed by atoms with E-state index >= 15 is 0 Å². The number of piperazine rings is 1. The molecule has 2 aliphatic heterocycles. The summed E-state index contributed by atoms with van der Waals surface area (Å²) >= 11 is 0. The molecule has 2 unspecified atom stereocenters. The predicted octanol–water partition coefficient (Wildman–Crippen LogP) is 4.02. The molecule has 2 atom stereocenters. The van der Waals surface area contributed by atoms with Crippen LogP contribution in [0.1, 0.15) is 28.4 Å². The number of carbonyl (C=O) groups excluding carboxylic acids is 2. The Kier molecular flexibility index (Phi) is 6.37. The van der Waals surface area contributed by atoms with Gasteiger partial charge in [-0.1, -0.05) is 36.4 Å². The van der Waals surface area contributed by atoms with Crippen molar-refractivity contribution in [2.75, 3.05) is 27.3 Å². The third kappa shape index (κ3) is 4.21. The topological polar surface area (TPSA) is 118 Å². The summed E-state index contributed by atoms with van der Waals surface area (Å²) in [5.74, 6) is 0.894. The molecule has 1 aromatic heterocycles. The third-order valence-electron chi connectivity index (χ3n) is 7.86. The van der Waals surface area contributed by atoms with Crippen molar-refractivity contribution >= 4 is 28.4 Å². The highest BCUT2D eigenvalue weighted by Gasteiger charge is 2.48. The van der Waals surface area contributed by atoms with Crippen LogP contribution in [0.25, 0.3) is 10.9 Å². The van der Waals surface area contributed by atoms with E-state index in [1.165, 1.54) is 12.1 Å². The van der Waals surface area contributed by atoms with Crippen molar-refractivity contribution < 1.29 is 24.0 Å². The first-order valence-corrected chi connectivity index (χ1v) is 13.0. The van der Waals surface area contributed by atoms with Gasteiger partial charge in [0.1, 0.15) is 6.04 Å². The van der Waals surface area contributed by atoms with Gasteiger partial charge in [0.05, 0.1) is 31.7 Å². The van der Waals surface area contributed by atoms with Crippen molar-refractivity contribution in [3.05, 3.63) is 99.2 Å². The van der Waals surface area contributed by atoms with Crippen molar-refractivity contribution in [3.8, 4) is 11.5 Å². The number of hydrogen-bond acceptors (Lipinski definition) is 6. The van der Waals surface area contributed by atoms with Gasteiger partial charge in [0.2, 0.25) is 11.8 Å². The van der Waals surface area contributed by atoms with Crippen molar-refractivity contribution in [2.24, 2.45) is 0 Å². The Bertz CT molecular complexity index is 1650. The number of nitro groups is 1. The lowest BCUT2D eigenvalue weighted by atomic mass is 9.86. The summed E-state index contributed by atoms with van der Waals surface area (Å²) in [5.41, 5.74) is 4.12. The molecule has 0 radical (unpaired) electrons. The molecule has 204 valence electrons. The number of carbonyl (C=O) groups is 2. The molecule has 10 nitrogen and oxygen atoms in total. The zero-order chi connectivity index (χ0) is 28.0. The van der Waals surface area contributed by atoms with Crippen LogP contribution in [0.4, 0.5) is 5.69 Å². The van der Waals surface area contributed by atoms with Crippen LogP contribution in [-0.4, -0.2) is 64.9 Å². The number of benzene rings is 3. The fourth-order valence-corrected chi connectivity index (χ4v) is 5.97. The first-order chi connectivity index (χ1) is 19.4. The second-order valence-electron chi connectivity index (χ2n) is 10.0. The fraction of sp³-hybridized carbons (Fsp3) is 0.267. The first kappa shape index (κ1) is 25.4. The van der Waals surface area contributed by atoms with E-state index in [-0.39, 0.29) is 24.0 Å². The van der Waals surface area contributed by atoms with Gasteiger partial charge in [0.25, 0.3) is 5.69 Å². The number of nitro benzene ring substituents is 1. The molecule has 3 heterocycles. The van der Waals surface area contributed by atoms with Gasteiger partial charge in [-0.25, -0.2) is 0 Å². The van der Waals surface area contributed by atoms with Crippen LogP contribution in [-0.2, 0) is 22.4 Å². The minimum absolute atomic E-state index is 0.0652. The van der Waals surface area contributed by atoms with Gasteiger partial charge in [-0.15, -0.1) is 0 Å². The summed E-state index contributed by atoms with van der Waals surface area (Å²) < 4.78 is 10.7. The Morgan fingerprint density at radius 3 is 2.58 bits per heavy atom. The number of fused-ring (bicyclic) bond motifs is 4. The highest BCUT2D eigenvalue weighted by atomic mass is 16.6. The predicted molar refractivity (Wildman–Crippen MR) is 147 cm³/mol. The van der Waals surface area contributed by atoms with Gasteiger partial charge in [0, 0.05) is 41.7 Å². The molecule has 1 fully saturated rings. The van der Waals surface area contributed by atoms with Crippen LogP contribution in [0.15, 0.2) is 66.7 Å². The number of methoxy groups -OCH3 is 2. The number of ether oxygens (including phenoxy) is 2. The number of amides is 2. The highest BCUT2D eigenvalue weighted by molar-refractivity contribution is 5.97. The largest absolute Gasteiger partial charge is 0.493 e. The third-order valence-corrected chi connectivity index (χ3v) is 7.86. The highest BCUT2D eigenvalue weighted by Crippen LogP contribution is 2.43. The summed E-state index contributed by atoms with van der Waals surface area (Å²) in [6, 6.07) is 18.4. The number of aromatic nitrogens is 1. The van der Waals surface area contributed by atoms with Gasteiger partial charge in [-0.05, 0) is 41.3 Å². The molecule has 6 rings (SSSR count). The first-order valence-electron chi connectivity index (χ1n) is 13.0. The molecule has 1 N–H and O–H groups in total. The molecule has 0 bridgehead atoms. The Morgan fingerprint density at radius 1 is 1.00 bits per heavy atom. The lowest BCUT2D eigenvalue weighted by Crippen LogP contribution is -2.63. The number of rotatable bonds is 7. The van der Waals surface area contributed by atoms with E-state index in [1.807, 2.05) is 42.5 Å². The van der Waals surface area contributed by atoms with Crippen LogP contribution < -0.4 is 9.47 Å². The lowest BCUT2D eigenvalue weighted by molar-refractivity contribution is -0.384. The van der Waals surface area contributed by atoms with Crippen LogP contribution in [0, 0.1) is 10.1 Å². The molecule has 0 aliphatic carbocycles. The van der Waals surface area contributed by atoms with Gasteiger partial charge in [-0.3, -0.25) is 19.7 Å². The Hall–Kier alpha value is -4.86. The minimum Gasteiger partial charge on any atom is -0.493 e. The smallest absolute Gasteiger partial charge is 0.269 e. The van der Waals surface area contributed by atoms with Gasteiger partial charge in [0.15, 0.2) is 11.5 Å². The number of aromatic amines is 1. The monoisotopic (exact) mass is 540 g/mol. The van der Waals surface area contributed by atoms with Crippen molar-refractivity contribution in [1.82, 2.24) is 14.8 Å². The number of non-ortho nitro benzene ring substituents is 1. The van der Waals surface area contributed by atoms with Crippen molar-refractivity contribution in [2.45, 2.75) is 24.9 Å². The molecular formula is C30H28N4O6. The Morgan fingerprint density at radius 2 is 1.80 bits per heavy atom. The molecular weight excluding hydrogens is 512 g/mol. The average molecular weight is 541 g/mol. The molecule has 2 amide bonds. The summed E-state index contributed by atoms with van der Waals surface area (Å²) in [6.45, 7) is 0.302. The number of para-hydroxylation sites is 1. The normalized spacial score (nSPS) is 18.4. The van der Waals surface area contributed by atoms with E-state index < -0.39 is 17.0 Å². The molecule has 0 spiro atoms. The minimum atomic E-state index is -0.720. The second-order valence-corrected chi connectivity index (χ2v) is 10.0. The number of nitrogens with zero attached hydrogens (tertiary/aromatic N) is 3. The molecule has 0 saturated carbocycles. The lowest BCUT2D eigenvalue weighted by Gasteiger charge is -2.47. The molecule has 1 saturated heterocycles. The number of hydrogen-bond donors (Lipinski definition) is 1. The summed E-state index contributed by atoms with van der Waals surface area (Å²) in [7, 11) is 3.15. The maximum Gasteiger partial charge on any atom is 0.269 e. The maximum atomic E-state index is 13.9. The van der Waals surface area contributed by atoms with E-state index in [0.717, 1.165) is 27.7 Å². The van der Waals surface area contributed by atoms with E-state index in [4.69, 9.17) is 9.47 Å². The summed E-state index contributed by atoms with van der Waals surface area (Å²) in [5, 5.41) is 12.6. The standard InChI is InChI=1S/C30H28N4O6/c1-39-25-11-10-18(14-26(25)40-2)12-13-32-17-27(35)33-24(30(32)36)16-22-21-8-3-4-9-23(21)31-28(22)29(33)19-6-5-7-20(15-19)34(37)38/h3-11,14-15,24,29,31H,12-13,16-17H2,1-2H3. The molecule has 2 aliphatic rings. The van der Waals surface area contributed by atoms with E-state index in [0.29, 0.717) is 36.4 Å². The zero-order valence-electron chi connectivity index (χ0n) is 22.1. The van der Waals surface area contributed by atoms with Crippen LogP contribution >= 0.6 is 0 Å². The fourth-order valence-electron chi connectivity index (χ4n) is 5.97. The van der Waals surface area contributed by atoms with Crippen molar-refractivity contribution in [3.63, 3.8) is 0 Å². The molecule has 3 aromatic carbocycles. The van der Waals surface area contributed by atoms with Crippen LogP contribution in [0.5, 0.6) is 11.5 Å². The Balaban J connectivity index is 1.36. The van der Waals surface area contributed by atoms with E-state index in [1.54, 1.807) is 36.2 Å². The summed E-state index contributed by atoms with van der Waals surface area (Å²) in [6.07, 6.45) is 0.904. The quantitative estimate of drug-likeness (QED) is 0.280. The van der Waals surface area contributed by atoms with Gasteiger partial charge in [-0.2, -0.15) is 0 Å². The number of H-pyrrole nitrogens is 1. The van der Waals surface area contributed by atoms with Crippen LogP contribution in [0.3, 0.4) is 0 Å². The molecule has 10 heteroatoms. The van der Waals surface area contributed by atoms with E-state index in [9.17, 15) is 19.7 Å². The van der Waals surface area contributed by atoms with Crippen molar-refractivity contribution in [1.29, 1.82) is 0 Å². The summed E-state index contributed by atoms with van der Waals surface area (Å²) in [4.78, 5) is 45.5. The zero-order valence-corrected chi connectivity index (χ0v) is 22.1. The second kappa shape index (κ2) is 10.0. The van der Waals surface area contributed by atoms with Crippen LogP contribution in [0.2, 0.25) is 0 Å². The maximum absolute atomic E-state index is 13.9.